The van der Waals surface area contributed by atoms with Crippen LogP contribution in [0.25, 0.3) is 0 Å². The van der Waals surface area contributed by atoms with Crippen molar-refractivity contribution in [3.8, 4) is 0 Å². The van der Waals surface area contributed by atoms with Crippen LogP contribution in [-0.4, -0.2) is 24.4 Å². The summed E-state index contributed by atoms with van der Waals surface area (Å²) in [6, 6.07) is 32.2. The molecule has 0 saturated heterocycles. The van der Waals surface area contributed by atoms with Gasteiger partial charge in [0.15, 0.2) is 14.7 Å². The van der Waals surface area contributed by atoms with E-state index in [-0.39, 0.29) is 40.0 Å². The molecular weight excluding hydrogens is 389 g/mol. The van der Waals surface area contributed by atoms with Gasteiger partial charge in [-0.15, -0.1) is 0 Å². The normalized spacial score (nSPS) is 9.57. The number of halogens is 1. The van der Waals surface area contributed by atoms with Gasteiger partial charge in [0.1, 0.15) is 0 Å². The van der Waals surface area contributed by atoms with Gasteiger partial charge in [-0.05, 0) is 36.4 Å². The van der Waals surface area contributed by atoms with E-state index < -0.39 is 0 Å². The van der Waals surface area contributed by atoms with Gasteiger partial charge in [0.05, 0.1) is 10.9 Å². The first-order chi connectivity index (χ1) is 9.45. The third kappa shape index (κ3) is 4.36. The van der Waals surface area contributed by atoms with Gasteiger partial charge < -0.3 is 4.70 Å². The van der Waals surface area contributed by atoms with Crippen molar-refractivity contribution >= 4 is 35.3 Å². The van der Waals surface area contributed by atoms with Crippen molar-refractivity contribution < 1.29 is 4.70 Å². The fourth-order valence-corrected chi connectivity index (χ4v) is 4.18. The predicted molar refractivity (Wildman–Crippen MR) is 91.4 cm³/mol. The maximum absolute atomic E-state index is 2.21. The molecule has 0 heterocycles. The number of rotatable bonds is 3. The number of hydrogen-bond donors (Lipinski definition) is 0. The second-order valence-corrected chi connectivity index (χ2v) is 6.27. The fraction of sp³-hybridized carbons (Fsp3) is 0. The summed E-state index contributed by atoms with van der Waals surface area (Å²) in [5.74, 6) is 0. The van der Waals surface area contributed by atoms with Gasteiger partial charge in [0, 0.05) is 0 Å². The molecule has 0 aliphatic heterocycles. The van der Waals surface area contributed by atoms with E-state index in [1.54, 1.807) is 0 Å². The Balaban J connectivity index is 0.00000110. The zero-order chi connectivity index (χ0) is 12.9. The smallest absolute Gasteiger partial charge is 0.0619 e. The molecule has 0 atom stereocenters. The van der Waals surface area contributed by atoms with E-state index >= 15 is 0 Å². The molecule has 0 fully saturated rings. The summed E-state index contributed by atoms with van der Waals surface area (Å²) in [5, 5.41) is 0. The minimum atomic E-state index is -0.0146. The molecule has 0 bridgehead atoms. The monoisotopic (exact) mass is 406 g/mol. The van der Waals surface area contributed by atoms with Crippen LogP contribution < -0.4 is 4.70 Å². The molecule has 0 amide bonds. The van der Waals surface area contributed by atoms with E-state index in [0.29, 0.717) is 0 Å². The van der Waals surface area contributed by atoms with Crippen LogP contribution in [-0.2, 0) is 10.9 Å². The van der Waals surface area contributed by atoms with Crippen molar-refractivity contribution in [3.63, 3.8) is 0 Å². The largest absolute Gasteiger partial charge is 0.166 e. The van der Waals surface area contributed by atoms with Crippen LogP contribution in [0, 0.1) is 0 Å². The van der Waals surface area contributed by atoms with Crippen LogP contribution in [0.2, 0.25) is 0 Å². The van der Waals surface area contributed by atoms with Gasteiger partial charge in [-0.2, -0.15) is 0 Å². The first-order valence-electron chi connectivity index (χ1n) is 6.34. The molecule has 3 heteroatoms. The molecule has 0 radical (unpaired) electrons. The van der Waals surface area contributed by atoms with E-state index in [9.17, 15) is 0 Å². The summed E-state index contributed by atoms with van der Waals surface area (Å²) in [6.45, 7) is 0. The SMILES string of the molecule is [F-].[SbH3].c1ccc([S+](c2ccccc2)c2ccccc2)cc1. The molecule has 0 aromatic heterocycles. The van der Waals surface area contributed by atoms with E-state index in [1.807, 2.05) is 0 Å². The van der Waals surface area contributed by atoms with Crippen molar-refractivity contribution in [2.24, 2.45) is 0 Å². The molecule has 21 heavy (non-hydrogen) atoms. The van der Waals surface area contributed by atoms with Crippen LogP contribution in [0.1, 0.15) is 0 Å². The molecule has 0 aliphatic rings. The molecule has 0 spiro atoms. The zero-order valence-electron chi connectivity index (χ0n) is 11.7. The fourth-order valence-electron chi connectivity index (χ4n) is 2.08. The summed E-state index contributed by atoms with van der Waals surface area (Å²) in [7, 11) is -0.0146. The number of benzene rings is 3. The summed E-state index contributed by atoms with van der Waals surface area (Å²) in [5.41, 5.74) is 0. The van der Waals surface area contributed by atoms with E-state index in [0.717, 1.165) is 0 Å². The molecule has 108 valence electrons. The Hall–Kier alpha value is -1.24. The van der Waals surface area contributed by atoms with E-state index in [1.165, 1.54) is 14.7 Å². The maximum atomic E-state index is 2.21. The van der Waals surface area contributed by atoms with Crippen LogP contribution in [0.4, 0.5) is 0 Å². The van der Waals surface area contributed by atoms with Crippen LogP contribution in [0.5, 0.6) is 0 Å². The minimum absolute atomic E-state index is 0. The Kier molecular flexibility index (Phi) is 7.56. The van der Waals surface area contributed by atoms with Crippen LogP contribution >= 0.6 is 0 Å². The molecule has 0 N–H and O–H groups in total. The minimum Gasteiger partial charge on any atom is -0.0619 e. The van der Waals surface area contributed by atoms with Gasteiger partial charge in [-0.25, -0.2) is 0 Å². The average molecular weight is 407 g/mol. The summed E-state index contributed by atoms with van der Waals surface area (Å²) >= 11 is 0. The average Bonchev–Trinajstić information content (AvgIpc) is 2.51. The third-order valence-corrected chi connectivity index (χ3v) is 5.17. The Morgan fingerprint density at radius 1 is 0.429 bits per heavy atom. The Bertz CT molecular complexity index is 535. The summed E-state index contributed by atoms with van der Waals surface area (Å²) < 4.78 is 0. The van der Waals surface area contributed by atoms with Crippen molar-refractivity contribution in [1.82, 2.24) is 0 Å². The number of hydrogen-bond acceptors (Lipinski definition) is 0. The molecule has 3 aromatic carbocycles. The molecule has 3 aromatic rings. The zero-order valence-corrected chi connectivity index (χ0v) is 16.5. The van der Waals surface area contributed by atoms with Gasteiger partial charge in [0.25, 0.3) is 0 Å². The third-order valence-electron chi connectivity index (χ3n) is 2.94. The van der Waals surface area contributed by atoms with Crippen LogP contribution in [0.3, 0.4) is 0 Å². The Morgan fingerprint density at radius 2 is 0.667 bits per heavy atom. The van der Waals surface area contributed by atoms with E-state index in [2.05, 4.69) is 91.0 Å². The van der Waals surface area contributed by atoms with E-state index in [4.69, 9.17) is 0 Å². The molecule has 3 rings (SSSR count). The maximum Gasteiger partial charge on any atom is 0.166 e. The van der Waals surface area contributed by atoms with Crippen molar-refractivity contribution in [3.05, 3.63) is 91.0 Å². The Labute approximate surface area is 145 Å². The first-order valence-corrected chi connectivity index (χ1v) is 7.57. The van der Waals surface area contributed by atoms with Gasteiger partial charge >= 0.3 is 24.4 Å². The standard InChI is InChI=1S/C18H15S.FH.Sb.3H/c1-4-10-16(11-5-1)19(17-12-6-2-7-13-17)18-14-8-3-9-15-18;;;;;/h1-15H;1H;;;;/q+1;;;;;/p-1. The quantitative estimate of drug-likeness (QED) is 0.441. The van der Waals surface area contributed by atoms with Gasteiger partial charge in [0.2, 0.25) is 0 Å². The Morgan fingerprint density at radius 3 is 0.905 bits per heavy atom. The molecule has 0 aliphatic carbocycles. The second-order valence-electron chi connectivity index (χ2n) is 4.25. The van der Waals surface area contributed by atoms with Gasteiger partial charge in [-0.3, -0.25) is 0 Å². The molecular formula is C18H18FSSb. The summed E-state index contributed by atoms with van der Waals surface area (Å²) in [4.78, 5) is 4.08. The van der Waals surface area contributed by atoms with Crippen molar-refractivity contribution in [2.75, 3.05) is 0 Å². The molecule has 0 saturated carbocycles. The topological polar surface area (TPSA) is 0 Å². The van der Waals surface area contributed by atoms with Crippen LogP contribution in [0.15, 0.2) is 106 Å². The molecule has 0 unspecified atom stereocenters. The van der Waals surface area contributed by atoms with Crippen molar-refractivity contribution in [1.29, 1.82) is 0 Å². The van der Waals surface area contributed by atoms with Gasteiger partial charge in [-0.1, -0.05) is 54.6 Å². The summed E-state index contributed by atoms with van der Waals surface area (Å²) in [6.07, 6.45) is 0. The first kappa shape index (κ1) is 17.8. The second kappa shape index (κ2) is 8.92. The molecule has 0 nitrogen and oxygen atoms in total. The predicted octanol–water partition coefficient (Wildman–Crippen LogP) is 0.602. The van der Waals surface area contributed by atoms with Crippen molar-refractivity contribution in [2.45, 2.75) is 14.7 Å².